The molecule has 0 amide bonds. The summed E-state index contributed by atoms with van der Waals surface area (Å²) in [7, 11) is 0. The van der Waals surface area contributed by atoms with Crippen LogP contribution in [-0.4, -0.2) is 16.8 Å². The van der Waals surface area contributed by atoms with Gasteiger partial charge in [0.25, 0.3) is 0 Å². The Bertz CT molecular complexity index is 3860. The molecule has 0 saturated heterocycles. The van der Waals surface area contributed by atoms with Gasteiger partial charge < -0.3 is 18.9 Å². The number of ether oxygens (including phenoxy) is 2. The van der Waals surface area contributed by atoms with E-state index in [1.807, 2.05) is 0 Å². The van der Waals surface area contributed by atoms with Gasteiger partial charge in [0.05, 0.1) is 23.2 Å². The molecule has 10 aromatic carbocycles. The van der Waals surface area contributed by atoms with Crippen molar-refractivity contribution in [1.82, 2.24) is 4.57 Å². The number of fused-ring (bicyclic) bond motifs is 4. The van der Waals surface area contributed by atoms with Gasteiger partial charge in [0.2, 0.25) is 0 Å². The Morgan fingerprint density at radius 1 is 0.436 bits per heavy atom. The summed E-state index contributed by atoms with van der Waals surface area (Å²) in [6, 6.07) is 80.9. The third-order valence-corrected chi connectivity index (χ3v) is 17.3. The summed E-state index contributed by atoms with van der Waals surface area (Å²) in [5.74, 6) is 2.13. The van der Waals surface area contributed by atoms with Crippen molar-refractivity contribution in [3.05, 3.63) is 241 Å². The van der Waals surface area contributed by atoms with E-state index in [9.17, 15) is 0 Å². The van der Waals surface area contributed by atoms with Crippen LogP contribution in [0.5, 0.6) is 11.5 Å². The number of hydrogen-bond acceptors (Lipinski definition) is 3. The first-order chi connectivity index (χ1) is 38.3. The third-order valence-electron chi connectivity index (χ3n) is 17.3. The molecule has 13 rings (SSSR count). The SMILES string of the molecule is Cc1cc(N(c2ccc(OC3CCCC3)cc2)c2ccc(OC3CCCC3)cc2)ccc1-c1cc2c3ccccc3n(-c3ccc(-c4ccccc4)cc3)c2c([C@H](C)[C@@H](C)c2ccc3ccccc3c2)c1-c1ccccc1C. The van der Waals surface area contributed by atoms with Gasteiger partial charge in [0, 0.05) is 33.5 Å². The zero-order valence-electron chi connectivity index (χ0n) is 45.5. The maximum Gasteiger partial charge on any atom is 0.119 e. The van der Waals surface area contributed by atoms with E-state index >= 15 is 0 Å². The van der Waals surface area contributed by atoms with Gasteiger partial charge in [0.15, 0.2) is 0 Å². The molecule has 11 aromatic rings. The largest absolute Gasteiger partial charge is 0.490 e. The van der Waals surface area contributed by atoms with Crippen LogP contribution in [0.25, 0.3) is 71.6 Å². The van der Waals surface area contributed by atoms with Crippen LogP contribution < -0.4 is 14.4 Å². The van der Waals surface area contributed by atoms with E-state index in [1.165, 1.54) is 114 Å². The van der Waals surface area contributed by atoms with E-state index < -0.39 is 0 Å². The summed E-state index contributed by atoms with van der Waals surface area (Å²) < 4.78 is 15.5. The first-order valence-corrected chi connectivity index (χ1v) is 28.6. The molecule has 78 heavy (non-hydrogen) atoms. The Labute approximate surface area is 460 Å². The molecule has 2 saturated carbocycles. The lowest BCUT2D eigenvalue weighted by molar-refractivity contribution is 0.210. The molecule has 0 radical (unpaired) electrons. The van der Waals surface area contributed by atoms with Crippen LogP contribution >= 0.6 is 0 Å². The van der Waals surface area contributed by atoms with Gasteiger partial charge in [-0.1, -0.05) is 147 Å². The molecule has 2 aliphatic rings. The van der Waals surface area contributed by atoms with Gasteiger partial charge in [-0.2, -0.15) is 0 Å². The summed E-state index contributed by atoms with van der Waals surface area (Å²) in [4.78, 5) is 2.39. The van der Waals surface area contributed by atoms with Crippen LogP contribution in [0.15, 0.2) is 218 Å². The number of hydrogen-bond donors (Lipinski definition) is 0. The second-order valence-electron chi connectivity index (χ2n) is 22.2. The molecule has 0 aliphatic heterocycles. The molecule has 0 bridgehead atoms. The van der Waals surface area contributed by atoms with Crippen molar-refractivity contribution in [2.45, 2.75) is 103 Å². The van der Waals surface area contributed by atoms with Gasteiger partial charge in [0.1, 0.15) is 11.5 Å². The first kappa shape index (κ1) is 49.2. The van der Waals surface area contributed by atoms with Gasteiger partial charge in [-0.3, -0.25) is 0 Å². The van der Waals surface area contributed by atoms with Gasteiger partial charge in [-0.15, -0.1) is 0 Å². The Hall–Kier alpha value is -8.34. The summed E-state index contributed by atoms with van der Waals surface area (Å²) in [6.45, 7) is 9.50. The molecule has 0 unspecified atom stereocenters. The average molecular weight is 1020 g/mol. The standard InChI is InChI=1S/C74H68N2O2/c1-49-18-8-15-27-67(49)73-69(66-45-40-61(46-50(66)2)75(58-36-41-64(42-37-58)77-62-23-11-12-24-62)59-38-43-65(44-39-59)78-63-25-13-14-26-63)48-70-68-28-16-17-29-71(68)76(60-34-32-55(33-35-60)53-19-6-5-7-20-53)74(70)72(73)52(4)51(3)56-31-30-54-21-9-10-22-57(54)47-56/h5-10,15-22,27-48,51-52,62-63H,11-14,23-26H2,1-4H3/t51-,52-/m1/s1. The highest BCUT2D eigenvalue weighted by atomic mass is 16.5. The van der Waals surface area contributed by atoms with Crippen molar-refractivity contribution < 1.29 is 9.47 Å². The van der Waals surface area contributed by atoms with Crippen molar-refractivity contribution in [3.8, 4) is 50.6 Å². The molecule has 2 fully saturated rings. The van der Waals surface area contributed by atoms with Crippen molar-refractivity contribution in [3.63, 3.8) is 0 Å². The summed E-state index contributed by atoms with van der Waals surface area (Å²) >= 11 is 0. The van der Waals surface area contributed by atoms with E-state index in [4.69, 9.17) is 9.47 Å². The highest BCUT2D eigenvalue weighted by Crippen LogP contribution is 2.51. The fourth-order valence-electron chi connectivity index (χ4n) is 13.0. The summed E-state index contributed by atoms with van der Waals surface area (Å²) in [6.07, 6.45) is 10.1. The quantitative estimate of drug-likeness (QED) is 0.109. The average Bonchev–Trinajstić information content (AvgIpc) is 4.46. The second kappa shape index (κ2) is 21.2. The predicted molar refractivity (Wildman–Crippen MR) is 328 cm³/mol. The normalized spacial score (nSPS) is 14.8. The number of benzene rings is 10. The van der Waals surface area contributed by atoms with E-state index in [2.05, 4.69) is 256 Å². The molecule has 0 N–H and O–H groups in total. The van der Waals surface area contributed by atoms with Crippen LogP contribution in [0.3, 0.4) is 0 Å². The van der Waals surface area contributed by atoms with E-state index in [0.29, 0.717) is 12.2 Å². The minimum atomic E-state index is 0.0891. The Balaban J connectivity index is 1.01. The number of aromatic nitrogens is 1. The number of rotatable bonds is 14. The zero-order valence-corrected chi connectivity index (χ0v) is 45.5. The highest BCUT2D eigenvalue weighted by Gasteiger charge is 2.31. The van der Waals surface area contributed by atoms with E-state index in [0.717, 1.165) is 59.9 Å². The third kappa shape index (κ3) is 9.42. The Morgan fingerprint density at radius 3 is 1.67 bits per heavy atom. The molecule has 4 nitrogen and oxygen atoms in total. The van der Waals surface area contributed by atoms with Crippen molar-refractivity contribution in [2.24, 2.45) is 0 Å². The lowest BCUT2D eigenvalue weighted by Crippen LogP contribution is -2.13. The number of nitrogens with zero attached hydrogens (tertiary/aromatic N) is 2. The first-order valence-electron chi connectivity index (χ1n) is 28.6. The maximum atomic E-state index is 6.49. The molecule has 4 heteroatoms. The smallest absolute Gasteiger partial charge is 0.119 e. The molecule has 0 spiro atoms. The van der Waals surface area contributed by atoms with Crippen LogP contribution in [0.4, 0.5) is 17.1 Å². The van der Waals surface area contributed by atoms with E-state index in [-0.39, 0.29) is 11.8 Å². The topological polar surface area (TPSA) is 26.6 Å². The van der Waals surface area contributed by atoms with Crippen LogP contribution in [0, 0.1) is 13.8 Å². The number of para-hydroxylation sites is 1. The number of anilines is 3. The van der Waals surface area contributed by atoms with Crippen molar-refractivity contribution in [1.29, 1.82) is 0 Å². The summed E-state index contributed by atoms with van der Waals surface area (Å²) in [5, 5.41) is 5.03. The molecular formula is C74H68N2O2. The van der Waals surface area contributed by atoms with Gasteiger partial charge in [-0.05, 0) is 228 Å². The molecule has 1 aromatic heterocycles. The zero-order chi connectivity index (χ0) is 52.7. The highest BCUT2D eigenvalue weighted by molar-refractivity contribution is 6.15. The fourth-order valence-corrected chi connectivity index (χ4v) is 13.0. The minimum absolute atomic E-state index is 0.0891. The van der Waals surface area contributed by atoms with Crippen LogP contribution in [0.1, 0.15) is 99.3 Å². The van der Waals surface area contributed by atoms with E-state index in [1.54, 1.807) is 0 Å². The lowest BCUT2D eigenvalue weighted by Gasteiger charge is -2.29. The van der Waals surface area contributed by atoms with Crippen LogP contribution in [0.2, 0.25) is 0 Å². The number of aryl methyl sites for hydroxylation is 2. The molecule has 2 atom stereocenters. The summed E-state index contributed by atoms with van der Waals surface area (Å²) in [5.41, 5.74) is 19.4. The van der Waals surface area contributed by atoms with Crippen molar-refractivity contribution >= 4 is 49.6 Å². The van der Waals surface area contributed by atoms with Gasteiger partial charge >= 0.3 is 0 Å². The Morgan fingerprint density at radius 2 is 1.01 bits per heavy atom. The fraction of sp³-hybridized carbons (Fsp3) is 0.216. The molecular weight excluding hydrogens is 949 g/mol. The lowest BCUT2D eigenvalue weighted by atomic mass is 9.76. The molecule has 386 valence electrons. The monoisotopic (exact) mass is 1020 g/mol. The molecule has 2 aliphatic carbocycles. The Kier molecular flexibility index (Phi) is 13.4. The molecule has 1 heterocycles. The minimum Gasteiger partial charge on any atom is -0.490 e. The van der Waals surface area contributed by atoms with Crippen LogP contribution in [-0.2, 0) is 0 Å². The maximum absolute atomic E-state index is 6.49. The predicted octanol–water partition coefficient (Wildman–Crippen LogP) is 20.6. The van der Waals surface area contributed by atoms with Crippen molar-refractivity contribution in [2.75, 3.05) is 4.90 Å². The second-order valence-corrected chi connectivity index (χ2v) is 22.2. The van der Waals surface area contributed by atoms with Gasteiger partial charge in [-0.25, -0.2) is 0 Å².